The number of nitrogens with zero attached hydrogens (tertiary/aromatic N) is 6. The van der Waals surface area contributed by atoms with Gasteiger partial charge in [-0.2, -0.15) is 0 Å². The summed E-state index contributed by atoms with van der Waals surface area (Å²) in [4.78, 5) is 46.4. The molecule has 2 saturated heterocycles. The molecule has 1 N–H and O–H groups in total. The van der Waals surface area contributed by atoms with Gasteiger partial charge < -0.3 is 14.8 Å². The number of para-hydroxylation sites is 1. The molecule has 2 aliphatic heterocycles. The zero-order chi connectivity index (χ0) is 19.1. The van der Waals surface area contributed by atoms with E-state index in [-0.39, 0.29) is 24.5 Å². The number of anilines is 2. The summed E-state index contributed by atoms with van der Waals surface area (Å²) >= 11 is 0. The number of benzene rings is 1. The Bertz CT molecular complexity index is 1030. The maximum Gasteiger partial charge on any atom is 0.332 e. The Morgan fingerprint density at radius 2 is 1.79 bits per heavy atom. The molecule has 28 heavy (non-hydrogen) atoms. The van der Waals surface area contributed by atoms with Crippen LogP contribution in [-0.2, 0) is 4.79 Å². The number of hydrogen-bond acceptors (Lipinski definition) is 6. The van der Waals surface area contributed by atoms with Crippen LogP contribution in [0.1, 0.15) is 12.8 Å². The maximum absolute atomic E-state index is 12.9. The fraction of sp³-hybridized carbons (Fsp3) is 0.316. The second-order valence-electron chi connectivity index (χ2n) is 6.99. The van der Waals surface area contributed by atoms with Crippen molar-refractivity contribution in [1.82, 2.24) is 24.8 Å². The number of carbonyl (C=O) groups is 2. The Hall–Kier alpha value is -3.49. The molecule has 0 aliphatic carbocycles. The van der Waals surface area contributed by atoms with Gasteiger partial charge in [-0.05, 0) is 25.0 Å². The van der Waals surface area contributed by atoms with Gasteiger partial charge in [0.2, 0.25) is 0 Å². The average molecular weight is 377 g/mol. The Balaban J connectivity index is 1.30. The summed E-state index contributed by atoms with van der Waals surface area (Å²) in [7, 11) is 0. The monoisotopic (exact) mass is 377 g/mol. The van der Waals surface area contributed by atoms with E-state index in [1.54, 1.807) is 23.4 Å². The number of imide groups is 1. The minimum Gasteiger partial charge on any atom is -0.355 e. The van der Waals surface area contributed by atoms with E-state index in [9.17, 15) is 9.59 Å². The molecule has 0 unspecified atom stereocenters. The molecular weight excluding hydrogens is 358 g/mol. The lowest BCUT2D eigenvalue weighted by molar-refractivity contribution is -0.116. The Kier molecular flexibility index (Phi) is 3.92. The molecule has 3 aromatic rings. The van der Waals surface area contributed by atoms with Crippen molar-refractivity contribution in [2.75, 3.05) is 29.4 Å². The maximum atomic E-state index is 12.9. The minimum atomic E-state index is -0.229. The normalized spacial score (nSPS) is 18.5. The molecule has 2 aromatic heterocycles. The molecular formula is C19H19N7O2. The van der Waals surface area contributed by atoms with Crippen LogP contribution < -0.4 is 9.80 Å². The zero-order valence-electron chi connectivity index (χ0n) is 15.2. The Morgan fingerprint density at radius 1 is 1.00 bits per heavy atom. The van der Waals surface area contributed by atoms with Gasteiger partial charge in [-0.25, -0.2) is 24.6 Å². The smallest absolute Gasteiger partial charge is 0.332 e. The summed E-state index contributed by atoms with van der Waals surface area (Å²) < 4.78 is 0. The second-order valence-corrected chi connectivity index (χ2v) is 6.99. The topological polar surface area (TPSA) is 98.3 Å². The van der Waals surface area contributed by atoms with E-state index >= 15 is 0 Å². The number of aromatic amines is 1. The number of carbonyl (C=O) groups excluding carboxylic acids is 2. The first-order valence-corrected chi connectivity index (χ1v) is 9.30. The third-order valence-corrected chi connectivity index (χ3v) is 5.41. The van der Waals surface area contributed by atoms with Crippen LogP contribution in [0.15, 0.2) is 43.0 Å². The van der Waals surface area contributed by atoms with Crippen molar-refractivity contribution in [2.45, 2.75) is 18.9 Å². The lowest BCUT2D eigenvalue weighted by atomic mass is 10.0. The van der Waals surface area contributed by atoms with Crippen LogP contribution in [0.4, 0.5) is 16.3 Å². The molecule has 0 bridgehead atoms. The van der Waals surface area contributed by atoms with Crippen LogP contribution in [0.25, 0.3) is 11.2 Å². The lowest BCUT2D eigenvalue weighted by Gasteiger charge is -2.36. The highest BCUT2D eigenvalue weighted by Crippen LogP contribution is 2.28. The molecule has 142 valence electrons. The fourth-order valence-electron chi connectivity index (χ4n) is 4.02. The van der Waals surface area contributed by atoms with Gasteiger partial charge in [-0.15, -0.1) is 0 Å². The molecule has 0 saturated carbocycles. The quantitative estimate of drug-likeness (QED) is 0.699. The number of fused-ring (bicyclic) bond motifs is 1. The van der Waals surface area contributed by atoms with Gasteiger partial charge >= 0.3 is 6.03 Å². The fourth-order valence-corrected chi connectivity index (χ4v) is 4.02. The van der Waals surface area contributed by atoms with Crippen molar-refractivity contribution >= 4 is 34.6 Å². The molecule has 4 heterocycles. The van der Waals surface area contributed by atoms with Crippen LogP contribution in [0.5, 0.6) is 0 Å². The third-order valence-electron chi connectivity index (χ3n) is 5.41. The van der Waals surface area contributed by atoms with E-state index in [1.807, 2.05) is 18.2 Å². The largest absolute Gasteiger partial charge is 0.355 e. The number of H-pyrrole nitrogens is 1. The van der Waals surface area contributed by atoms with Crippen molar-refractivity contribution in [3.8, 4) is 0 Å². The van der Waals surface area contributed by atoms with Gasteiger partial charge in [-0.1, -0.05) is 18.2 Å². The first kappa shape index (κ1) is 16.7. The summed E-state index contributed by atoms with van der Waals surface area (Å²) in [5.41, 5.74) is 2.09. The molecule has 0 spiro atoms. The van der Waals surface area contributed by atoms with Crippen molar-refractivity contribution in [3.63, 3.8) is 0 Å². The molecule has 2 fully saturated rings. The van der Waals surface area contributed by atoms with E-state index in [0.717, 1.165) is 37.3 Å². The minimum absolute atomic E-state index is 0.0421. The lowest BCUT2D eigenvalue weighted by Crippen LogP contribution is -2.47. The highest BCUT2D eigenvalue weighted by Gasteiger charge is 2.41. The summed E-state index contributed by atoms with van der Waals surface area (Å²) in [5.74, 6) is 0.657. The molecule has 5 rings (SSSR count). The molecule has 1 aromatic carbocycles. The van der Waals surface area contributed by atoms with Gasteiger partial charge in [0, 0.05) is 19.1 Å². The highest BCUT2D eigenvalue weighted by atomic mass is 16.2. The molecule has 3 amide bonds. The number of hydrogen-bond donors (Lipinski definition) is 1. The Labute approximate surface area is 161 Å². The van der Waals surface area contributed by atoms with Crippen molar-refractivity contribution < 1.29 is 9.59 Å². The van der Waals surface area contributed by atoms with Crippen LogP contribution in [0, 0.1) is 0 Å². The average Bonchev–Trinajstić information content (AvgIpc) is 3.33. The van der Waals surface area contributed by atoms with Crippen LogP contribution in [0.2, 0.25) is 0 Å². The van der Waals surface area contributed by atoms with Gasteiger partial charge in [-0.3, -0.25) is 4.79 Å². The van der Waals surface area contributed by atoms with E-state index in [4.69, 9.17) is 0 Å². The molecule has 0 radical (unpaired) electrons. The number of amides is 3. The van der Waals surface area contributed by atoms with Gasteiger partial charge in [0.1, 0.15) is 18.4 Å². The van der Waals surface area contributed by atoms with E-state index in [2.05, 4.69) is 24.8 Å². The molecule has 2 aliphatic rings. The van der Waals surface area contributed by atoms with Crippen LogP contribution in [-0.4, -0.2) is 62.5 Å². The van der Waals surface area contributed by atoms with Crippen LogP contribution >= 0.6 is 0 Å². The summed E-state index contributed by atoms with van der Waals surface area (Å²) in [6.45, 7) is 1.63. The molecule has 9 heteroatoms. The second kappa shape index (κ2) is 6.59. The number of imidazole rings is 1. The summed E-state index contributed by atoms with van der Waals surface area (Å²) in [6.07, 6.45) is 4.69. The predicted molar refractivity (Wildman–Crippen MR) is 103 cm³/mol. The summed E-state index contributed by atoms with van der Waals surface area (Å²) in [6, 6.07) is 8.91. The van der Waals surface area contributed by atoms with Gasteiger partial charge in [0.25, 0.3) is 5.91 Å². The number of urea groups is 1. The molecule has 9 nitrogen and oxygen atoms in total. The molecule has 0 atom stereocenters. The highest BCUT2D eigenvalue weighted by molar-refractivity contribution is 6.19. The van der Waals surface area contributed by atoms with E-state index in [0.29, 0.717) is 11.3 Å². The summed E-state index contributed by atoms with van der Waals surface area (Å²) in [5, 5.41) is 0. The predicted octanol–water partition coefficient (Wildman–Crippen LogP) is 1.79. The van der Waals surface area contributed by atoms with Crippen molar-refractivity contribution in [1.29, 1.82) is 0 Å². The SMILES string of the molecule is O=C1CN(C2CCN(c3ncnc4nc[nH]c34)CC2)C(=O)N1c1ccccc1. The number of nitrogens with one attached hydrogen (secondary N) is 1. The zero-order valence-corrected chi connectivity index (χ0v) is 15.2. The van der Waals surface area contributed by atoms with E-state index < -0.39 is 0 Å². The van der Waals surface area contributed by atoms with E-state index in [1.165, 1.54) is 11.2 Å². The number of piperidine rings is 1. The van der Waals surface area contributed by atoms with Crippen molar-refractivity contribution in [2.24, 2.45) is 0 Å². The number of aromatic nitrogens is 4. The van der Waals surface area contributed by atoms with Gasteiger partial charge in [0.15, 0.2) is 11.5 Å². The number of rotatable bonds is 3. The van der Waals surface area contributed by atoms with Crippen LogP contribution in [0.3, 0.4) is 0 Å². The third kappa shape index (κ3) is 2.67. The first-order chi connectivity index (χ1) is 13.7. The standard InChI is InChI=1S/C19H19N7O2/c27-15-10-25(19(28)26(15)14-4-2-1-3-5-14)13-6-8-24(9-7-13)18-16-17(21-11-20-16)22-12-23-18/h1-5,11-13H,6-10H2,(H,20,21,22,23). The van der Waals surface area contributed by atoms with Crippen molar-refractivity contribution in [3.05, 3.63) is 43.0 Å². The first-order valence-electron chi connectivity index (χ1n) is 9.30. The Morgan fingerprint density at radius 3 is 2.57 bits per heavy atom. The van der Waals surface area contributed by atoms with Gasteiger partial charge in [0.05, 0.1) is 12.0 Å².